The molecule has 0 aromatic rings. The lowest BCUT2D eigenvalue weighted by Crippen LogP contribution is -2.33. The predicted octanol–water partition coefficient (Wildman–Crippen LogP) is 2.71. The standard InChI is InChI=1S/C15H19N3OS/c1-4-6-20-10(3)15-17-8-12(13(16)5-2)14-7-11(19)9-18(14)15/h4-6,11,16,19H,2-3,7-9H2,1H3/b6-4-,16-13?. The SMILES string of the molecule is C=CC(=N)C1=C2CC(O)CN2C(C(=C)S/C=C\C)=NC1. The molecule has 1 saturated heterocycles. The van der Waals surface area contributed by atoms with Crippen molar-refractivity contribution in [3.63, 3.8) is 0 Å². The van der Waals surface area contributed by atoms with Crippen LogP contribution in [0.3, 0.4) is 0 Å². The maximum atomic E-state index is 9.93. The molecular weight excluding hydrogens is 270 g/mol. The van der Waals surface area contributed by atoms with Crippen LogP contribution < -0.4 is 0 Å². The molecule has 106 valence electrons. The first-order valence-corrected chi connectivity index (χ1v) is 7.37. The molecule has 1 fully saturated rings. The fourth-order valence-electron chi connectivity index (χ4n) is 2.36. The van der Waals surface area contributed by atoms with Crippen LogP contribution in [-0.2, 0) is 0 Å². The van der Waals surface area contributed by atoms with Gasteiger partial charge in [-0.1, -0.05) is 31.0 Å². The number of aliphatic imine (C=N–C) groups is 1. The molecule has 20 heavy (non-hydrogen) atoms. The number of fused-ring (bicyclic) bond motifs is 1. The summed E-state index contributed by atoms with van der Waals surface area (Å²) in [5.74, 6) is 0.806. The van der Waals surface area contributed by atoms with Crippen LogP contribution in [0.2, 0.25) is 0 Å². The fraction of sp³-hybridized carbons (Fsp3) is 0.333. The maximum Gasteiger partial charge on any atom is 0.141 e. The summed E-state index contributed by atoms with van der Waals surface area (Å²) in [6, 6.07) is 0. The Bertz CT molecular complexity index is 545. The van der Waals surface area contributed by atoms with Crippen LogP contribution in [0.4, 0.5) is 0 Å². The molecule has 1 atom stereocenters. The van der Waals surface area contributed by atoms with Crippen molar-refractivity contribution in [1.29, 1.82) is 5.41 Å². The van der Waals surface area contributed by atoms with Gasteiger partial charge in [0.15, 0.2) is 0 Å². The molecule has 0 amide bonds. The Morgan fingerprint density at radius 1 is 1.60 bits per heavy atom. The molecule has 2 heterocycles. The van der Waals surface area contributed by atoms with E-state index in [4.69, 9.17) is 5.41 Å². The van der Waals surface area contributed by atoms with Crippen molar-refractivity contribution in [3.8, 4) is 0 Å². The first-order chi connectivity index (χ1) is 9.58. The Labute approximate surface area is 123 Å². The molecule has 1 unspecified atom stereocenters. The van der Waals surface area contributed by atoms with Gasteiger partial charge >= 0.3 is 0 Å². The fourth-order valence-corrected chi connectivity index (χ4v) is 2.94. The zero-order valence-corrected chi connectivity index (χ0v) is 12.4. The third-order valence-electron chi connectivity index (χ3n) is 3.26. The van der Waals surface area contributed by atoms with Gasteiger partial charge in [0.1, 0.15) is 5.84 Å². The number of rotatable bonds is 5. The van der Waals surface area contributed by atoms with Gasteiger partial charge in [0, 0.05) is 22.6 Å². The Morgan fingerprint density at radius 3 is 3.00 bits per heavy atom. The highest BCUT2D eigenvalue weighted by molar-refractivity contribution is 8.06. The third-order valence-corrected chi connectivity index (χ3v) is 4.14. The molecule has 2 aliphatic rings. The number of nitrogens with one attached hydrogen (secondary N) is 1. The minimum atomic E-state index is -0.416. The van der Waals surface area contributed by atoms with Crippen molar-refractivity contribution in [2.45, 2.75) is 19.4 Å². The first-order valence-electron chi connectivity index (χ1n) is 6.49. The van der Waals surface area contributed by atoms with Crippen LogP contribution in [0.5, 0.6) is 0 Å². The Morgan fingerprint density at radius 2 is 2.35 bits per heavy atom. The molecule has 5 heteroatoms. The summed E-state index contributed by atoms with van der Waals surface area (Å²) < 4.78 is 0. The molecule has 0 aliphatic carbocycles. The molecule has 0 spiro atoms. The second-order valence-electron chi connectivity index (χ2n) is 4.66. The van der Waals surface area contributed by atoms with Gasteiger partial charge in [-0.2, -0.15) is 0 Å². The highest BCUT2D eigenvalue weighted by Crippen LogP contribution is 2.33. The van der Waals surface area contributed by atoms with E-state index in [1.54, 1.807) is 0 Å². The summed E-state index contributed by atoms with van der Waals surface area (Å²) >= 11 is 1.52. The number of hydrogen-bond acceptors (Lipinski definition) is 5. The lowest BCUT2D eigenvalue weighted by molar-refractivity contribution is 0.188. The summed E-state index contributed by atoms with van der Waals surface area (Å²) in [6.45, 7) is 10.6. The van der Waals surface area contributed by atoms with Crippen LogP contribution in [0.15, 0.2) is 51.9 Å². The smallest absolute Gasteiger partial charge is 0.141 e. The van der Waals surface area contributed by atoms with E-state index in [9.17, 15) is 5.11 Å². The van der Waals surface area contributed by atoms with Crippen molar-refractivity contribution in [1.82, 2.24) is 4.90 Å². The highest BCUT2D eigenvalue weighted by atomic mass is 32.2. The van der Waals surface area contributed by atoms with Gasteiger partial charge in [-0.3, -0.25) is 4.99 Å². The summed E-state index contributed by atoms with van der Waals surface area (Å²) in [5, 5.41) is 19.8. The normalized spacial score (nSPS) is 22.0. The Kier molecular flexibility index (Phi) is 4.62. The Hall–Kier alpha value is -1.59. The Balaban J connectivity index is 2.29. The van der Waals surface area contributed by atoms with Gasteiger partial charge in [-0.25, -0.2) is 0 Å². The number of thioether (sulfide) groups is 1. The van der Waals surface area contributed by atoms with Crippen LogP contribution in [0, 0.1) is 5.41 Å². The van der Waals surface area contributed by atoms with E-state index in [0.717, 1.165) is 22.0 Å². The third kappa shape index (κ3) is 2.78. The van der Waals surface area contributed by atoms with Crippen molar-refractivity contribution in [3.05, 3.63) is 46.9 Å². The van der Waals surface area contributed by atoms with Gasteiger partial charge in [-0.05, 0) is 18.4 Å². The summed E-state index contributed by atoms with van der Waals surface area (Å²) in [7, 11) is 0. The van der Waals surface area contributed by atoms with Crippen molar-refractivity contribution in [2.75, 3.05) is 13.1 Å². The van der Waals surface area contributed by atoms with E-state index in [2.05, 4.69) is 18.2 Å². The lowest BCUT2D eigenvalue weighted by Gasteiger charge is -2.28. The van der Waals surface area contributed by atoms with Gasteiger partial charge in [0.25, 0.3) is 0 Å². The molecule has 0 radical (unpaired) electrons. The number of aliphatic hydroxyl groups excluding tert-OH is 1. The second kappa shape index (κ2) is 6.24. The van der Waals surface area contributed by atoms with E-state index in [0.29, 0.717) is 25.2 Å². The number of hydrogen-bond donors (Lipinski definition) is 2. The summed E-state index contributed by atoms with van der Waals surface area (Å²) in [5.41, 5.74) is 2.22. The largest absolute Gasteiger partial charge is 0.391 e. The zero-order chi connectivity index (χ0) is 14.7. The molecule has 0 aromatic carbocycles. The zero-order valence-electron chi connectivity index (χ0n) is 11.6. The molecule has 0 bridgehead atoms. The van der Waals surface area contributed by atoms with E-state index in [1.807, 2.05) is 23.3 Å². The van der Waals surface area contributed by atoms with E-state index in [-0.39, 0.29) is 0 Å². The summed E-state index contributed by atoms with van der Waals surface area (Å²) in [4.78, 5) is 7.39. The van der Waals surface area contributed by atoms with Gasteiger partial charge in [0.05, 0.1) is 24.9 Å². The number of nitrogens with zero attached hydrogens (tertiary/aromatic N) is 2. The molecule has 0 aromatic heterocycles. The highest BCUT2D eigenvalue weighted by Gasteiger charge is 2.34. The first kappa shape index (κ1) is 14.8. The monoisotopic (exact) mass is 289 g/mol. The van der Waals surface area contributed by atoms with Crippen LogP contribution in [0.25, 0.3) is 0 Å². The number of amidine groups is 1. The van der Waals surface area contributed by atoms with E-state index >= 15 is 0 Å². The van der Waals surface area contributed by atoms with E-state index < -0.39 is 6.10 Å². The number of allylic oxidation sites excluding steroid dienone is 2. The van der Waals surface area contributed by atoms with Crippen LogP contribution >= 0.6 is 11.8 Å². The quantitative estimate of drug-likeness (QED) is 0.765. The molecular formula is C15H19N3OS. The molecule has 2 aliphatic heterocycles. The van der Waals surface area contributed by atoms with Gasteiger partial charge in [0.2, 0.25) is 0 Å². The van der Waals surface area contributed by atoms with Crippen molar-refractivity contribution in [2.24, 2.45) is 4.99 Å². The minimum Gasteiger partial charge on any atom is -0.391 e. The van der Waals surface area contributed by atoms with Gasteiger partial charge in [-0.15, -0.1) is 0 Å². The second-order valence-corrected chi connectivity index (χ2v) is 5.66. The lowest BCUT2D eigenvalue weighted by atomic mass is 10.0. The molecule has 0 saturated carbocycles. The van der Waals surface area contributed by atoms with Gasteiger partial charge < -0.3 is 15.4 Å². The molecule has 2 rings (SSSR count). The van der Waals surface area contributed by atoms with Crippen LogP contribution in [-0.4, -0.2) is 40.7 Å². The van der Waals surface area contributed by atoms with Crippen LogP contribution in [0.1, 0.15) is 13.3 Å². The maximum absolute atomic E-state index is 9.93. The molecule has 2 N–H and O–H groups in total. The average molecular weight is 289 g/mol. The topological polar surface area (TPSA) is 59.7 Å². The van der Waals surface area contributed by atoms with E-state index in [1.165, 1.54) is 17.8 Å². The summed E-state index contributed by atoms with van der Waals surface area (Å²) in [6.07, 6.45) is 3.62. The van der Waals surface area contributed by atoms with Crippen molar-refractivity contribution >= 4 is 23.3 Å². The molecule has 4 nitrogen and oxygen atoms in total. The minimum absolute atomic E-state index is 0.383. The van der Waals surface area contributed by atoms with Crippen molar-refractivity contribution < 1.29 is 5.11 Å². The average Bonchev–Trinajstić information content (AvgIpc) is 2.83. The number of aliphatic hydroxyl groups is 1. The predicted molar refractivity (Wildman–Crippen MR) is 86.1 cm³/mol.